The standard InChI is InChI=1S/C16H19NO5/c1-21-15(19)12-5-3-4-11(9-12)14(18)17-13(16(20)22-2)8-10-6-7-10/h3-5,9-10,13H,6-8H2,1-2H3,(H,17,18)/t13-/m0/s1. The summed E-state index contributed by atoms with van der Waals surface area (Å²) in [5, 5.41) is 2.67. The molecule has 1 amide bonds. The van der Waals surface area contributed by atoms with E-state index in [4.69, 9.17) is 4.74 Å². The molecule has 0 radical (unpaired) electrons. The van der Waals surface area contributed by atoms with Crippen molar-refractivity contribution in [2.45, 2.75) is 25.3 Å². The van der Waals surface area contributed by atoms with Gasteiger partial charge in [0.25, 0.3) is 5.91 Å². The quantitative estimate of drug-likeness (QED) is 0.806. The lowest BCUT2D eigenvalue weighted by Crippen LogP contribution is -2.41. The Labute approximate surface area is 128 Å². The summed E-state index contributed by atoms with van der Waals surface area (Å²) in [4.78, 5) is 35.5. The summed E-state index contributed by atoms with van der Waals surface area (Å²) in [5.74, 6) is -0.922. The number of esters is 2. The van der Waals surface area contributed by atoms with Crippen molar-refractivity contribution in [2.75, 3.05) is 14.2 Å². The Morgan fingerprint density at radius 3 is 2.45 bits per heavy atom. The lowest BCUT2D eigenvalue weighted by Gasteiger charge is -2.16. The van der Waals surface area contributed by atoms with Gasteiger partial charge in [0.15, 0.2) is 0 Å². The Kier molecular flexibility index (Phi) is 5.14. The molecule has 0 saturated heterocycles. The third-order valence-electron chi connectivity index (χ3n) is 3.60. The van der Waals surface area contributed by atoms with Crippen LogP contribution in [0.1, 0.15) is 40.0 Å². The van der Waals surface area contributed by atoms with Gasteiger partial charge < -0.3 is 14.8 Å². The molecule has 6 nitrogen and oxygen atoms in total. The third kappa shape index (κ3) is 4.07. The van der Waals surface area contributed by atoms with E-state index in [1.807, 2.05) is 0 Å². The van der Waals surface area contributed by atoms with Gasteiger partial charge in [-0.3, -0.25) is 4.79 Å². The molecule has 6 heteroatoms. The normalized spacial score (nSPS) is 14.8. The lowest BCUT2D eigenvalue weighted by molar-refractivity contribution is -0.143. The predicted octanol–water partition coefficient (Wildman–Crippen LogP) is 1.54. The molecule has 0 aromatic heterocycles. The van der Waals surface area contributed by atoms with Crippen LogP contribution in [0.2, 0.25) is 0 Å². The second kappa shape index (κ2) is 7.06. The molecular formula is C16H19NO5. The minimum absolute atomic E-state index is 0.284. The van der Waals surface area contributed by atoms with Gasteiger partial charge in [-0.2, -0.15) is 0 Å². The van der Waals surface area contributed by atoms with E-state index in [-0.39, 0.29) is 5.56 Å². The van der Waals surface area contributed by atoms with Gasteiger partial charge in [-0.15, -0.1) is 0 Å². The Morgan fingerprint density at radius 2 is 1.86 bits per heavy atom. The molecule has 1 atom stereocenters. The molecule has 2 rings (SSSR count). The summed E-state index contributed by atoms with van der Waals surface area (Å²) in [7, 11) is 2.57. The van der Waals surface area contributed by atoms with E-state index < -0.39 is 23.9 Å². The Hall–Kier alpha value is -2.37. The van der Waals surface area contributed by atoms with Crippen molar-refractivity contribution < 1.29 is 23.9 Å². The molecule has 22 heavy (non-hydrogen) atoms. The van der Waals surface area contributed by atoms with E-state index in [0.717, 1.165) is 12.8 Å². The van der Waals surface area contributed by atoms with Gasteiger partial charge in [-0.05, 0) is 30.5 Å². The smallest absolute Gasteiger partial charge is 0.337 e. The zero-order chi connectivity index (χ0) is 16.1. The number of methoxy groups -OCH3 is 2. The van der Waals surface area contributed by atoms with Crippen LogP contribution in [0.25, 0.3) is 0 Å². The van der Waals surface area contributed by atoms with E-state index in [2.05, 4.69) is 10.1 Å². The molecule has 1 saturated carbocycles. The van der Waals surface area contributed by atoms with Crippen LogP contribution in [0, 0.1) is 5.92 Å². The number of nitrogens with one attached hydrogen (secondary N) is 1. The van der Waals surface area contributed by atoms with Gasteiger partial charge in [0.2, 0.25) is 0 Å². The average molecular weight is 305 g/mol. The molecule has 0 heterocycles. The zero-order valence-corrected chi connectivity index (χ0v) is 12.6. The number of ether oxygens (including phenoxy) is 2. The topological polar surface area (TPSA) is 81.7 Å². The predicted molar refractivity (Wildman–Crippen MR) is 78.4 cm³/mol. The van der Waals surface area contributed by atoms with Crippen molar-refractivity contribution in [1.82, 2.24) is 5.32 Å². The summed E-state index contributed by atoms with van der Waals surface area (Å²) >= 11 is 0. The van der Waals surface area contributed by atoms with E-state index >= 15 is 0 Å². The zero-order valence-electron chi connectivity index (χ0n) is 12.6. The van der Waals surface area contributed by atoms with Crippen molar-refractivity contribution in [2.24, 2.45) is 5.92 Å². The first-order chi connectivity index (χ1) is 10.5. The van der Waals surface area contributed by atoms with Crippen LogP contribution >= 0.6 is 0 Å². The fourth-order valence-corrected chi connectivity index (χ4v) is 2.19. The van der Waals surface area contributed by atoms with Crippen molar-refractivity contribution >= 4 is 17.8 Å². The highest BCUT2D eigenvalue weighted by molar-refractivity contribution is 5.99. The number of hydrogen-bond donors (Lipinski definition) is 1. The van der Waals surface area contributed by atoms with Crippen LogP contribution in [-0.2, 0) is 14.3 Å². The summed E-state index contributed by atoms with van der Waals surface area (Å²) < 4.78 is 9.35. The van der Waals surface area contributed by atoms with Crippen LogP contribution < -0.4 is 5.32 Å². The number of carbonyl (C=O) groups excluding carboxylic acids is 3. The average Bonchev–Trinajstić information content (AvgIpc) is 3.36. The van der Waals surface area contributed by atoms with E-state index in [0.29, 0.717) is 17.9 Å². The largest absolute Gasteiger partial charge is 0.467 e. The first-order valence-electron chi connectivity index (χ1n) is 7.12. The van der Waals surface area contributed by atoms with E-state index in [9.17, 15) is 14.4 Å². The molecule has 1 aromatic carbocycles. The van der Waals surface area contributed by atoms with Gasteiger partial charge in [-0.1, -0.05) is 18.9 Å². The number of hydrogen-bond acceptors (Lipinski definition) is 5. The molecule has 1 aromatic rings. The molecular weight excluding hydrogens is 286 g/mol. The maximum Gasteiger partial charge on any atom is 0.337 e. The Bertz CT molecular complexity index is 580. The molecule has 0 bridgehead atoms. The van der Waals surface area contributed by atoms with Gasteiger partial charge in [0.05, 0.1) is 19.8 Å². The first-order valence-corrected chi connectivity index (χ1v) is 7.12. The minimum atomic E-state index is -0.660. The molecule has 118 valence electrons. The van der Waals surface area contributed by atoms with E-state index in [1.165, 1.54) is 20.3 Å². The summed E-state index contributed by atoms with van der Waals surface area (Å²) in [6, 6.07) is 5.51. The molecule has 0 spiro atoms. The fourth-order valence-electron chi connectivity index (χ4n) is 2.19. The van der Waals surface area contributed by atoms with Crippen LogP contribution in [0.4, 0.5) is 0 Å². The second-order valence-electron chi connectivity index (χ2n) is 5.30. The minimum Gasteiger partial charge on any atom is -0.467 e. The third-order valence-corrected chi connectivity index (χ3v) is 3.60. The first kappa shape index (κ1) is 16.0. The highest BCUT2D eigenvalue weighted by Gasteiger charge is 2.31. The lowest BCUT2D eigenvalue weighted by atomic mass is 10.1. The van der Waals surface area contributed by atoms with Crippen LogP contribution in [-0.4, -0.2) is 38.1 Å². The van der Waals surface area contributed by atoms with Gasteiger partial charge in [0, 0.05) is 5.56 Å². The SMILES string of the molecule is COC(=O)c1cccc(C(=O)N[C@@H](CC2CC2)C(=O)OC)c1. The number of amides is 1. The van der Waals surface area contributed by atoms with Crippen molar-refractivity contribution in [1.29, 1.82) is 0 Å². The maximum absolute atomic E-state index is 12.3. The van der Waals surface area contributed by atoms with Gasteiger partial charge >= 0.3 is 11.9 Å². The second-order valence-corrected chi connectivity index (χ2v) is 5.30. The van der Waals surface area contributed by atoms with Crippen LogP contribution in [0.5, 0.6) is 0 Å². The van der Waals surface area contributed by atoms with Crippen molar-refractivity contribution in [3.8, 4) is 0 Å². The highest BCUT2D eigenvalue weighted by atomic mass is 16.5. The summed E-state index contributed by atoms with van der Waals surface area (Å²) in [6.45, 7) is 0. The Morgan fingerprint density at radius 1 is 1.18 bits per heavy atom. The fraction of sp³-hybridized carbons (Fsp3) is 0.438. The van der Waals surface area contributed by atoms with Crippen molar-refractivity contribution in [3.63, 3.8) is 0 Å². The van der Waals surface area contributed by atoms with Gasteiger partial charge in [-0.25, -0.2) is 9.59 Å². The number of carbonyl (C=O) groups is 3. The molecule has 1 aliphatic rings. The number of benzene rings is 1. The summed E-state index contributed by atoms with van der Waals surface area (Å²) in [5.41, 5.74) is 0.583. The van der Waals surface area contributed by atoms with Gasteiger partial charge in [0.1, 0.15) is 6.04 Å². The molecule has 0 aliphatic heterocycles. The Balaban J connectivity index is 2.08. The van der Waals surface area contributed by atoms with Crippen LogP contribution in [0.3, 0.4) is 0 Å². The summed E-state index contributed by atoms with van der Waals surface area (Å²) in [6.07, 6.45) is 2.72. The van der Waals surface area contributed by atoms with E-state index in [1.54, 1.807) is 18.2 Å². The molecule has 1 fully saturated rings. The molecule has 1 N–H and O–H groups in total. The molecule has 0 unspecified atom stereocenters. The highest BCUT2D eigenvalue weighted by Crippen LogP contribution is 2.33. The number of rotatable bonds is 6. The van der Waals surface area contributed by atoms with Crippen LogP contribution in [0.15, 0.2) is 24.3 Å². The monoisotopic (exact) mass is 305 g/mol. The van der Waals surface area contributed by atoms with Crippen molar-refractivity contribution in [3.05, 3.63) is 35.4 Å². The molecule has 1 aliphatic carbocycles. The maximum atomic E-state index is 12.3.